The van der Waals surface area contributed by atoms with Crippen LogP contribution in [-0.4, -0.2) is 24.9 Å². The molecule has 0 bridgehead atoms. The van der Waals surface area contributed by atoms with Crippen LogP contribution < -0.4 is 9.47 Å². The monoisotopic (exact) mass is 210 g/mol. The summed E-state index contributed by atoms with van der Waals surface area (Å²) < 4.78 is 10.3. The highest BCUT2D eigenvalue weighted by molar-refractivity contribution is 5.43. The maximum absolute atomic E-state index is 9.69. The van der Waals surface area contributed by atoms with Crippen molar-refractivity contribution in [1.82, 2.24) is 0 Å². The van der Waals surface area contributed by atoms with E-state index in [4.69, 9.17) is 9.47 Å². The highest BCUT2D eigenvalue weighted by atomic mass is 16.5. The van der Waals surface area contributed by atoms with Gasteiger partial charge in [0.05, 0.1) is 19.8 Å². The molecule has 0 aromatic heterocycles. The van der Waals surface area contributed by atoms with Gasteiger partial charge in [0.25, 0.3) is 0 Å². The normalized spacial score (nSPS) is 11.3. The molecule has 0 radical (unpaired) electrons. The Balaban J connectivity index is 2.93. The number of rotatable bonds is 4. The van der Waals surface area contributed by atoms with E-state index in [-0.39, 0.29) is 0 Å². The van der Waals surface area contributed by atoms with Gasteiger partial charge in [0, 0.05) is 6.42 Å². The van der Waals surface area contributed by atoms with E-state index >= 15 is 0 Å². The minimum Gasteiger partial charge on any atom is -0.493 e. The lowest BCUT2D eigenvalue weighted by atomic mass is 9.98. The second kappa shape index (κ2) is 4.53. The fraction of sp³-hybridized carbons (Fsp3) is 0.500. The third-order valence-corrected chi connectivity index (χ3v) is 2.08. The highest BCUT2D eigenvalue weighted by Gasteiger charge is 2.14. The number of aliphatic hydroxyl groups is 1. The highest BCUT2D eigenvalue weighted by Crippen LogP contribution is 2.28. The molecular formula is C12H18O3. The van der Waals surface area contributed by atoms with Crippen molar-refractivity contribution in [3.05, 3.63) is 23.8 Å². The predicted octanol–water partition coefficient (Wildman–Crippen LogP) is 2.02. The largest absolute Gasteiger partial charge is 0.493 e. The van der Waals surface area contributed by atoms with Crippen molar-refractivity contribution in [1.29, 1.82) is 0 Å². The summed E-state index contributed by atoms with van der Waals surface area (Å²) >= 11 is 0. The van der Waals surface area contributed by atoms with Crippen LogP contribution >= 0.6 is 0 Å². The zero-order valence-corrected chi connectivity index (χ0v) is 9.70. The Labute approximate surface area is 90.6 Å². The van der Waals surface area contributed by atoms with E-state index in [1.807, 2.05) is 18.2 Å². The molecule has 0 saturated carbocycles. The van der Waals surface area contributed by atoms with Gasteiger partial charge < -0.3 is 14.6 Å². The molecule has 0 fully saturated rings. The zero-order chi connectivity index (χ0) is 11.5. The molecule has 84 valence electrons. The number of hydrogen-bond acceptors (Lipinski definition) is 3. The fourth-order valence-corrected chi connectivity index (χ4v) is 1.49. The van der Waals surface area contributed by atoms with E-state index in [1.165, 1.54) is 0 Å². The second-order valence-corrected chi connectivity index (χ2v) is 4.18. The standard InChI is InChI=1S/C12H18O3/c1-12(2,13)8-9-5-6-10(14-3)11(7-9)15-4/h5-7,13H,8H2,1-4H3. The first kappa shape index (κ1) is 11.9. The Morgan fingerprint density at radius 3 is 2.20 bits per heavy atom. The Morgan fingerprint density at radius 2 is 1.73 bits per heavy atom. The van der Waals surface area contributed by atoms with Crippen molar-refractivity contribution in [3.8, 4) is 11.5 Å². The Hall–Kier alpha value is -1.22. The fourth-order valence-electron chi connectivity index (χ4n) is 1.49. The molecule has 15 heavy (non-hydrogen) atoms. The molecule has 1 N–H and O–H groups in total. The quantitative estimate of drug-likeness (QED) is 0.826. The topological polar surface area (TPSA) is 38.7 Å². The zero-order valence-electron chi connectivity index (χ0n) is 9.70. The van der Waals surface area contributed by atoms with E-state index in [1.54, 1.807) is 28.1 Å². The van der Waals surface area contributed by atoms with Gasteiger partial charge >= 0.3 is 0 Å². The van der Waals surface area contributed by atoms with E-state index in [0.717, 1.165) is 5.56 Å². The van der Waals surface area contributed by atoms with Crippen molar-refractivity contribution < 1.29 is 14.6 Å². The van der Waals surface area contributed by atoms with E-state index < -0.39 is 5.60 Å². The van der Waals surface area contributed by atoms with Crippen molar-refractivity contribution >= 4 is 0 Å². The third-order valence-electron chi connectivity index (χ3n) is 2.08. The first-order valence-corrected chi connectivity index (χ1v) is 4.89. The molecule has 0 unspecified atom stereocenters. The lowest BCUT2D eigenvalue weighted by Gasteiger charge is -2.18. The molecular weight excluding hydrogens is 192 g/mol. The summed E-state index contributed by atoms with van der Waals surface area (Å²) in [6.45, 7) is 3.56. The van der Waals surface area contributed by atoms with Gasteiger partial charge in [-0.2, -0.15) is 0 Å². The summed E-state index contributed by atoms with van der Waals surface area (Å²) in [6.07, 6.45) is 0.591. The van der Waals surface area contributed by atoms with E-state index in [0.29, 0.717) is 17.9 Å². The molecule has 0 aliphatic carbocycles. The summed E-state index contributed by atoms with van der Waals surface area (Å²) in [5, 5.41) is 9.69. The van der Waals surface area contributed by atoms with Crippen LogP contribution in [0.5, 0.6) is 11.5 Å². The molecule has 0 aliphatic rings. The summed E-state index contributed by atoms with van der Waals surface area (Å²) in [6, 6.07) is 5.66. The molecule has 1 aromatic rings. The van der Waals surface area contributed by atoms with Gasteiger partial charge in [0.1, 0.15) is 0 Å². The van der Waals surface area contributed by atoms with E-state index in [2.05, 4.69) is 0 Å². The summed E-state index contributed by atoms with van der Waals surface area (Å²) in [4.78, 5) is 0. The average molecular weight is 210 g/mol. The van der Waals surface area contributed by atoms with Gasteiger partial charge in [-0.3, -0.25) is 0 Å². The minimum atomic E-state index is -0.709. The van der Waals surface area contributed by atoms with Crippen LogP contribution in [0, 0.1) is 0 Å². The number of methoxy groups -OCH3 is 2. The van der Waals surface area contributed by atoms with Gasteiger partial charge in [0.15, 0.2) is 11.5 Å². The van der Waals surface area contributed by atoms with E-state index in [9.17, 15) is 5.11 Å². The van der Waals surface area contributed by atoms with Crippen molar-refractivity contribution in [2.45, 2.75) is 25.9 Å². The Morgan fingerprint density at radius 1 is 1.13 bits per heavy atom. The molecule has 0 heterocycles. The molecule has 0 atom stereocenters. The van der Waals surface area contributed by atoms with Crippen LogP contribution in [0.2, 0.25) is 0 Å². The summed E-state index contributed by atoms with van der Waals surface area (Å²) in [5.41, 5.74) is 0.319. The lowest BCUT2D eigenvalue weighted by Crippen LogP contribution is -2.21. The predicted molar refractivity (Wildman–Crippen MR) is 59.5 cm³/mol. The Bertz CT molecular complexity index is 326. The lowest BCUT2D eigenvalue weighted by molar-refractivity contribution is 0.0809. The minimum absolute atomic E-state index is 0.591. The van der Waals surface area contributed by atoms with Crippen molar-refractivity contribution in [2.24, 2.45) is 0 Å². The number of benzene rings is 1. The van der Waals surface area contributed by atoms with Crippen molar-refractivity contribution in [2.75, 3.05) is 14.2 Å². The third kappa shape index (κ3) is 3.44. The maximum atomic E-state index is 9.69. The summed E-state index contributed by atoms with van der Waals surface area (Å²) in [7, 11) is 3.21. The molecule has 1 aromatic carbocycles. The van der Waals surface area contributed by atoms with Gasteiger partial charge in [-0.15, -0.1) is 0 Å². The maximum Gasteiger partial charge on any atom is 0.160 e. The first-order chi connectivity index (χ1) is 6.96. The van der Waals surface area contributed by atoms with Gasteiger partial charge in [-0.05, 0) is 31.5 Å². The first-order valence-electron chi connectivity index (χ1n) is 4.89. The average Bonchev–Trinajstić information content (AvgIpc) is 2.15. The SMILES string of the molecule is COc1ccc(CC(C)(C)O)cc1OC. The molecule has 3 nitrogen and oxygen atoms in total. The van der Waals surface area contributed by atoms with Crippen molar-refractivity contribution in [3.63, 3.8) is 0 Å². The van der Waals surface area contributed by atoms with Crippen LogP contribution in [0.1, 0.15) is 19.4 Å². The molecule has 0 aliphatic heterocycles. The van der Waals surface area contributed by atoms with Crippen LogP contribution in [0.15, 0.2) is 18.2 Å². The van der Waals surface area contributed by atoms with Gasteiger partial charge in [0.2, 0.25) is 0 Å². The Kier molecular flexibility index (Phi) is 3.58. The second-order valence-electron chi connectivity index (χ2n) is 4.18. The smallest absolute Gasteiger partial charge is 0.160 e. The van der Waals surface area contributed by atoms with Crippen LogP contribution in [-0.2, 0) is 6.42 Å². The van der Waals surface area contributed by atoms with Gasteiger partial charge in [-0.25, -0.2) is 0 Å². The molecule has 1 rings (SSSR count). The van der Waals surface area contributed by atoms with Crippen LogP contribution in [0.4, 0.5) is 0 Å². The van der Waals surface area contributed by atoms with Crippen LogP contribution in [0.3, 0.4) is 0 Å². The number of ether oxygens (including phenoxy) is 2. The number of hydrogen-bond donors (Lipinski definition) is 1. The molecule has 3 heteroatoms. The van der Waals surface area contributed by atoms with Crippen LogP contribution in [0.25, 0.3) is 0 Å². The summed E-state index contributed by atoms with van der Waals surface area (Å²) in [5.74, 6) is 1.40. The molecule has 0 spiro atoms. The molecule has 0 saturated heterocycles. The molecule has 0 amide bonds. The van der Waals surface area contributed by atoms with Gasteiger partial charge in [-0.1, -0.05) is 6.07 Å².